The van der Waals surface area contributed by atoms with E-state index in [-0.39, 0.29) is 17.1 Å². The summed E-state index contributed by atoms with van der Waals surface area (Å²) in [6.45, 7) is 0. The topological polar surface area (TPSA) is 69.9 Å². The highest BCUT2D eigenvalue weighted by atomic mass is 16.3. The molecule has 0 saturated carbocycles. The first-order chi connectivity index (χ1) is 5.68. The van der Waals surface area contributed by atoms with Gasteiger partial charge in [0.2, 0.25) is 0 Å². The molecular formula is C8H5NO3. The molecule has 1 amide bonds. The van der Waals surface area contributed by atoms with Gasteiger partial charge >= 0.3 is 0 Å². The van der Waals surface area contributed by atoms with Crippen molar-refractivity contribution >= 4 is 12.1 Å². The van der Waals surface area contributed by atoms with Gasteiger partial charge in [-0.3, -0.25) is 4.79 Å². The van der Waals surface area contributed by atoms with Crippen LogP contribution in [-0.4, -0.2) is 22.3 Å². The largest absolute Gasteiger partial charge is 0.508 e. The monoisotopic (exact) mass is 163 g/mol. The maximum absolute atomic E-state index is 10.9. The van der Waals surface area contributed by atoms with Gasteiger partial charge in [-0.15, -0.1) is 0 Å². The summed E-state index contributed by atoms with van der Waals surface area (Å²) in [5.74, 6) is -0.694. The minimum Gasteiger partial charge on any atom is -0.508 e. The number of aromatic hydroxyl groups is 2. The van der Waals surface area contributed by atoms with Crippen LogP contribution < -0.4 is 0 Å². The zero-order valence-electron chi connectivity index (χ0n) is 5.98. The molecule has 0 aliphatic carbocycles. The van der Waals surface area contributed by atoms with Crippen molar-refractivity contribution in [3.8, 4) is 11.5 Å². The van der Waals surface area contributed by atoms with Crippen molar-refractivity contribution in [2.75, 3.05) is 0 Å². The molecule has 1 aliphatic heterocycles. The maximum Gasteiger partial charge on any atom is 0.277 e. The van der Waals surface area contributed by atoms with Gasteiger partial charge in [0.05, 0.1) is 5.56 Å². The molecule has 2 rings (SSSR count). The summed E-state index contributed by atoms with van der Waals surface area (Å²) in [5, 5.41) is 18.3. The molecule has 12 heavy (non-hydrogen) atoms. The lowest BCUT2D eigenvalue weighted by molar-refractivity contribution is 0.101. The number of hydrogen-bond acceptors (Lipinski definition) is 3. The van der Waals surface area contributed by atoms with Crippen LogP contribution in [0.2, 0.25) is 0 Å². The fourth-order valence-corrected chi connectivity index (χ4v) is 1.13. The van der Waals surface area contributed by atoms with Crippen molar-refractivity contribution in [2.45, 2.75) is 0 Å². The Morgan fingerprint density at radius 2 is 2.00 bits per heavy atom. The molecule has 0 fully saturated rings. The van der Waals surface area contributed by atoms with E-state index in [0.717, 1.165) is 0 Å². The molecule has 60 valence electrons. The highest BCUT2D eigenvalue weighted by Crippen LogP contribution is 2.28. The van der Waals surface area contributed by atoms with Crippen LogP contribution in [0.4, 0.5) is 0 Å². The van der Waals surface area contributed by atoms with Crippen LogP contribution in [0.1, 0.15) is 15.9 Å². The summed E-state index contributed by atoms with van der Waals surface area (Å²) in [6.07, 6.45) is 1.28. The number of hydrogen-bond donors (Lipinski definition) is 2. The Kier molecular flexibility index (Phi) is 1.18. The highest BCUT2D eigenvalue weighted by molar-refractivity contribution is 6.14. The highest BCUT2D eigenvalue weighted by Gasteiger charge is 2.19. The fourth-order valence-electron chi connectivity index (χ4n) is 1.13. The number of carbonyl (C=O) groups excluding carboxylic acids is 1. The minimum atomic E-state index is -0.434. The van der Waals surface area contributed by atoms with Crippen LogP contribution in [0.3, 0.4) is 0 Å². The number of benzene rings is 1. The van der Waals surface area contributed by atoms with E-state index in [2.05, 4.69) is 4.99 Å². The Morgan fingerprint density at radius 3 is 2.75 bits per heavy atom. The van der Waals surface area contributed by atoms with E-state index < -0.39 is 5.91 Å². The van der Waals surface area contributed by atoms with E-state index in [1.54, 1.807) is 0 Å². The van der Waals surface area contributed by atoms with Crippen molar-refractivity contribution < 1.29 is 15.0 Å². The van der Waals surface area contributed by atoms with E-state index in [1.807, 2.05) is 0 Å². The molecule has 1 aliphatic rings. The molecule has 0 spiro atoms. The quantitative estimate of drug-likeness (QED) is 0.590. The third-order valence-electron chi connectivity index (χ3n) is 1.68. The second-order valence-corrected chi connectivity index (χ2v) is 2.49. The van der Waals surface area contributed by atoms with Gasteiger partial charge in [-0.25, -0.2) is 4.99 Å². The summed E-state index contributed by atoms with van der Waals surface area (Å²) in [4.78, 5) is 14.4. The second-order valence-electron chi connectivity index (χ2n) is 2.49. The average molecular weight is 163 g/mol. The van der Waals surface area contributed by atoms with Crippen molar-refractivity contribution in [2.24, 2.45) is 4.99 Å². The van der Waals surface area contributed by atoms with E-state index in [9.17, 15) is 9.90 Å². The molecule has 4 heteroatoms. The van der Waals surface area contributed by atoms with Gasteiger partial charge in [0, 0.05) is 17.8 Å². The van der Waals surface area contributed by atoms with Gasteiger partial charge in [0.15, 0.2) is 0 Å². The lowest BCUT2D eigenvalue weighted by Gasteiger charge is -1.99. The number of aliphatic imine (C=N–C) groups is 1. The van der Waals surface area contributed by atoms with Gasteiger partial charge in [-0.05, 0) is 6.07 Å². The standard InChI is InChI=1S/C8H5NO3/c10-4-1-5-6(7(11)2-4)3-9-8(5)12/h1-3,10-11H. The third-order valence-corrected chi connectivity index (χ3v) is 1.68. The van der Waals surface area contributed by atoms with Gasteiger partial charge in [0.1, 0.15) is 11.5 Å². The van der Waals surface area contributed by atoms with Crippen LogP contribution >= 0.6 is 0 Å². The summed E-state index contributed by atoms with van der Waals surface area (Å²) < 4.78 is 0. The molecule has 0 bridgehead atoms. The van der Waals surface area contributed by atoms with Crippen LogP contribution in [0.5, 0.6) is 11.5 Å². The Hall–Kier alpha value is -1.84. The van der Waals surface area contributed by atoms with Crippen LogP contribution in [0, 0.1) is 0 Å². The molecule has 1 heterocycles. The Bertz CT molecular complexity index is 396. The van der Waals surface area contributed by atoms with Gasteiger partial charge < -0.3 is 10.2 Å². The second kappa shape index (κ2) is 2.07. The van der Waals surface area contributed by atoms with E-state index in [4.69, 9.17) is 5.11 Å². The summed E-state index contributed by atoms with van der Waals surface area (Å²) in [5.41, 5.74) is 0.616. The number of fused-ring (bicyclic) bond motifs is 1. The first-order valence-electron chi connectivity index (χ1n) is 3.33. The number of nitrogens with zero attached hydrogens (tertiary/aromatic N) is 1. The normalized spacial score (nSPS) is 13.5. The van der Waals surface area contributed by atoms with Gasteiger partial charge in [-0.2, -0.15) is 0 Å². The lowest BCUT2D eigenvalue weighted by atomic mass is 10.1. The van der Waals surface area contributed by atoms with Crippen LogP contribution in [0.15, 0.2) is 17.1 Å². The average Bonchev–Trinajstić information content (AvgIpc) is 2.33. The molecule has 0 atom stereocenters. The maximum atomic E-state index is 10.9. The first-order valence-corrected chi connectivity index (χ1v) is 3.33. The first kappa shape index (κ1) is 6.84. The number of phenolic OH excluding ortho intramolecular Hbond substituents is 2. The predicted octanol–water partition coefficient (Wildman–Crippen LogP) is 0.670. The van der Waals surface area contributed by atoms with Crippen LogP contribution in [0.25, 0.3) is 0 Å². The molecule has 2 N–H and O–H groups in total. The summed E-state index contributed by atoms with van der Waals surface area (Å²) >= 11 is 0. The SMILES string of the molecule is O=C1N=Cc2c(O)cc(O)cc21. The van der Waals surface area contributed by atoms with Gasteiger partial charge in [-0.1, -0.05) is 0 Å². The molecule has 1 aromatic carbocycles. The van der Waals surface area contributed by atoms with Crippen molar-refractivity contribution in [1.82, 2.24) is 0 Å². The molecular weight excluding hydrogens is 158 g/mol. The molecule has 0 aromatic heterocycles. The predicted molar refractivity (Wildman–Crippen MR) is 41.7 cm³/mol. The van der Waals surface area contributed by atoms with Gasteiger partial charge in [0.25, 0.3) is 5.91 Å². The lowest BCUT2D eigenvalue weighted by Crippen LogP contribution is -1.91. The molecule has 0 saturated heterocycles. The van der Waals surface area contributed by atoms with Crippen molar-refractivity contribution in [3.05, 3.63) is 23.3 Å². The number of phenols is 2. The fraction of sp³-hybridized carbons (Fsp3) is 0. The third kappa shape index (κ3) is 0.780. The number of rotatable bonds is 0. The van der Waals surface area contributed by atoms with Crippen molar-refractivity contribution in [1.29, 1.82) is 0 Å². The Labute approximate surface area is 67.8 Å². The molecule has 1 aromatic rings. The Morgan fingerprint density at radius 1 is 1.25 bits per heavy atom. The zero-order chi connectivity index (χ0) is 8.72. The van der Waals surface area contributed by atoms with Crippen LogP contribution in [-0.2, 0) is 0 Å². The molecule has 4 nitrogen and oxygen atoms in total. The number of carbonyl (C=O) groups is 1. The summed E-state index contributed by atoms with van der Waals surface area (Å²) in [7, 11) is 0. The van der Waals surface area contributed by atoms with E-state index >= 15 is 0 Å². The minimum absolute atomic E-state index is 0.125. The zero-order valence-corrected chi connectivity index (χ0v) is 5.98. The molecule has 0 radical (unpaired) electrons. The Balaban J connectivity index is 2.74. The summed E-state index contributed by atoms with van der Waals surface area (Å²) in [6, 6.07) is 2.45. The van der Waals surface area contributed by atoms with E-state index in [1.165, 1.54) is 18.3 Å². The molecule has 0 unspecified atom stereocenters. The smallest absolute Gasteiger partial charge is 0.277 e. The van der Waals surface area contributed by atoms with Crippen molar-refractivity contribution in [3.63, 3.8) is 0 Å². The van der Waals surface area contributed by atoms with E-state index in [0.29, 0.717) is 5.56 Å². The number of amides is 1.